The summed E-state index contributed by atoms with van der Waals surface area (Å²) in [5.41, 5.74) is 3.41. The van der Waals surface area contributed by atoms with Gasteiger partial charge < -0.3 is 9.47 Å². The van der Waals surface area contributed by atoms with Crippen molar-refractivity contribution in [3.8, 4) is 11.3 Å². The highest BCUT2D eigenvalue weighted by molar-refractivity contribution is 7.12. The molecular formula is C24H28N6OS. The van der Waals surface area contributed by atoms with Crippen LogP contribution in [-0.2, 0) is 0 Å². The minimum absolute atomic E-state index is 0.0654. The molecule has 0 aromatic carbocycles. The van der Waals surface area contributed by atoms with Crippen LogP contribution in [0.25, 0.3) is 22.3 Å². The average molecular weight is 449 g/mol. The third-order valence-electron chi connectivity index (χ3n) is 6.30. The first-order valence-electron chi connectivity index (χ1n) is 11.1. The Labute approximate surface area is 191 Å². The maximum absolute atomic E-state index is 13.7. The van der Waals surface area contributed by atoms with Crippen molar-refractivity contribution in [2.24, 2.45) is 0 Å². The maximum Gasteiger partial charge on any atom is 0.254 e. The van der Waals surface area contributed by atoms with Crippen molar-refractivity contribution >= 4 is 28.3 Å². The molecule has 5 rings (SSSR count). The lowest BCUT2D eigenvalue weighted by Gasteiger charge is -2.32. The summed E-state index contributed by atoms with van der Waals surface area (Å²) in [5, 5.41) is 5.39. The number of aromatic nitrogens is 5. The van der Waals surface area contributed by atoms with Gasteiger partial charge in [0.15, 0.2) is 5.65 Å². The summed E-state index contributed by atoms with van der Waals surface area (Å²) >= 11 is 1.76. The van der Waals surface area contributed by atoms with E-state index in [4.69, 9.17) is 4.98 Å². The summed E-state index contributed by atoms with van der Waals surface area (Å²) < 4.78 is 4.06. The molecule has 0 atom stereocenters. The number of hydrogen-bond acceptors (Lipinski definition) is 5. The van der Waals surface area contributed by atoms with E-state index in [1.54, 1.807) is 17.5 Å². The van der Waals surface area contributed by atoms with Crippen LogP contribution in [0.1, 0.15) is 58.9 Å². The van der Waals surface area contributed by atoms with Crippen LogP contribution >= 0.6 is 11.3 Å². The van der Waals surface area contributed by atoms with E-state index in [0.717, 1.165) is 48.2 Å². The lowest BCUT2D eigenvalue weighted by atomic mass is 10.0. The maximum atomic E-state index is 13.7. The van der Waals surface area contributed by atoms with Gasteiger partial charge in [0.05, 0.1) is 29.2 Å². The monoisotopic (exact) mass is 448 g/mol. The first-order chi connectivity index (χ1) is 15.4. The number of rotatable bonds is 4. The molecular weight excluding hydrogens is 420 g/mol. The van der Waals surface area contributed by atoms with Gasteiger partial charge in [0.25, 0.3) is 5.91 Å². The standard InChI is InChI=1S/C24H28N6OS/c1-15(2)30-23-21(13-26-30)20(12-22(27-23)19-11-16(3)32-17(19)4)24(31)28-8-5-18(6-9-28)29-10-7-25-14-29/h7,10-15,18H,5-6,8-9H2,1-4H3. The molecule has 4 aromatic heterocycles. The molecule has 0 radical (unpaired) electrons. The van der Waals surface area contributed by atoms with E-state index in [-0.39, 0.29) is 11.9 Å². The number of amides is 1. The fraction of sp³-hybridized carbons (Fsp3) is 0.417. The predicted molar refractivity (Wildman–Crippen MR) is 127 cm³/mol. The zero-order chi connectivity index (χ0) is 22.4. The molecule has 1 fully saturated rings. The molecule has 1 amide bonds. The second kappa shape index (κ2) is 8.16. The van der Waals surface area contributed by atoms with Gasteiger partial charge in [-0.05, 0) is 52.7 Å². The Morgan fingerprint density at radius 2 is 1.97 bits per heavy atom. The third kappa shape index (κ3) is 3.62. The molecule has 1 saturated heterocycles. The molecule has 0 unspecified atom stereocenters. The second-order valence-corrected chi connectivity index (χ2v) is 10.3. The first kappa shape index (κ1) is 20.9. The van der Waals surface area contributed by atoms with Crippen molar-refractivity contribution in [2.75, 3.05) is 13.1 Å². The summed E-state index contributed by atoms with van der Waals surface area (Å²) in [7, 11) is 0. The zero-order valence-corrected chi connectivity index (χ0v) is 19.8. The Morgan fingerprint density at radius 3 is 2.59 bits per heavy atom. The largest absolute Gasteiger partial charge is 0.338 e. The molecule has 4 aromatic rings. The van der Waals surface area contributed by atoms with Gasteiger partial charge in [-0.3, -0.25) is 4.79 Å². The van der Waals surface area contributed by atoms with Crippen LogP contribution in [0, 0.1) is 13.8 Å². The van der Waals surface area contributed by atoms with E-state index < -0.39 is 0 Å². The Balaban J connectivity index is 1.52. The minimum Gasteiger partial charge on any atom is -0.338 e. The summed E-state index contributed by atoms with van der Waals surface area (Å²) in [6.07, 6.45) is 9.34. The third-order valence-corrected chi connectivity index (χ3v) is 7.27. The molecule has 0 spiro atoms. The van der Waals surface area contributed by atoms with E-state index in [0.29, 0.717) is 11.6 Å². The Kier molecular flexibility index (Phi) is 5.33. The van der Waals surface area contributed by atoms with Gasteiger partial charge in [-0.2, -0.15) is 5.10 Å². The van der Waals surface area contributed by atoms with Gasteiger partial charge in [0.1, 0.15) is 0 Å². The molecule has 1 aliphatic heterocycles. The number of pyridine rings is 1. The van der Waals surface area contributed by atoms with Crippen LogP contribution < -0.4 is 0 Å². The van der Waals surface area contributed by atoms with Crippen LogP contribution in [-0.4, -0.2) is 48.2 Å². The fourth-order valence-corrected chi connectivity index (χ4v) is 5.55. The van der Waals surface area contributed by atoms with Crippen molar-refractivity contribution in [3.63, 3.8) is 0 Å². The highest BCUT2D eigenvalue weighted by Gasteiger charge is 2.27. The van der Waals surface area contributed by atoms with E-state index in [1.165, 1.54) is 9.75 Å². The van der Waals surface area contributed by atoms with Crippen LogP contribution in [0.5, 0.6) is 0 Å². The lowest BCUT2D eigenvalue weighted by molar-refractivity contribution is 0.0696. The number of piperidine rings is 1. The van der Waals surface area contributed by atoms with Crippen molar-refractivity contribution in [3.05, 3.63) is 52.4 Å². The Morgan fingerprint density at radius 1 is 1.19 bits per heavy atom. The molecule has 0 N–H and O–H groups in total. The molecule has 7 nitrogen and oxygen atoms in total. The number of nitrogens with zero attached hydrogens (tertiary/aromatic N) is 6. The number of imidazole rings is 1. The lowest BCUT2D eigenvalue weighted by Crippen LogP contribution is -2.39. The summed E-state index contributed by atoms with van der Waals surface area (Å²) in [6.45, 7) is 9.85. The van der Waals surface area contributed by atoms with Gasteiger partial charge in [-0.15, -0.1) is 11.3 Å². The molecule has 0 saturated carbocycles. The molecule has 8 heteroatoms. The number of carbonyl (C=O) groups excluding carboxylic acids is 1. The summed E-state index contributed by atoms with van der Waals surface area (Å²) in [5.74, 6) is 0.0654. The number of carbonyl (C=O) groups is 1. The Hall–Kier alpha value is -3.00. The van der Waals surface area contributed by atoms with Gasteiger partial charge >= 0.3 is 0 Å². The quantitative estimate of drug-likeness (QED) is 0.439. The van der Waals surface area contributed by atoms with Crippen molar-refractivity contribution < 1.29 is 4.79 Å². The fourth-order valence-electron chi connectivity index (χ4n) is 4.62. The molecule has 166 valence electrons. The van der Waals surface area contributed by atoms with E-state index in [1.807, 2.05) is 34.4 Å². The molecule has 0 aliphatic carbocycles. The molecule has 1 aliphatic rings. The SMILES string of the molecule is Cc1cc(-c2cc(C(=O)N3CCC(n4ccnc4)CC3)c3cnn(C(C)C)c3n2)c(C)s1. The van der Waals surface area contributed by atoms with Gasteiger partial charge in [-0.25, -0.2) is 14.6 Å². The number of thiophene rings is 1. The van der Waals surface area contributed by atoms with Crippen LogP contribution in [0.2, 0.25) is 0 Å². The van der Waals surface area contributed by atoms with Gasteiger partial charge in [0.2, 0.25) is 0 Å². The number of aryl methyl sites for hydroxylation is 2. The van der Waals surface area contributed by atoms with Gasteiger partial charge in [0, 0.05) is 52.9 Å². The van der Waals surface area contributed by atoms with Crippen molar-refractivity contribution in [1.29, 1.82) is 0 Å². The number of hydrogen-bond donors (Lipinski definition) is 0. The highest BCUT2D eigenvalue weighted by Crippen LogP contribution is 2.33. The van der Waals surface area contributed by atoms with E-state index in [2.05, 4.69) is 48.4 Å². The van der Waals surface area contributed by atoms with Crippen LogP contribution in [0.15, 0.2) is 37.1 Å². The summed E-state index contributed by atoms with van der Waals surface area (Å²) in [6, 6.07) is 4.69. The predicted octanol–water partition coefficient (Wildman–Crippen LogP) is 5.03. The van der Waals surface area contributed by atoms with Crippen LogP contribution in [0.3, 0.4) is 0 Å². The van der Waals surface area contributed by atoms with E-state index >= 15 is 0 Å². The van der Waals surface area contributed by atoms with Gasteiger partial charge in [-0.1, -0.05) is 0 Å². The molecule has 0 bridgehead atoms. The first-order valence-corrected chi connectivity index (χ1v) is 12.0. The molecule has 32 heavy (non-hydrogen) atoms. The van der Waals surface area contributed by atoms with E-state index in [9.17, 15) is 4.79 Å². The highest BCUT2D eigenvalue weighted by atomic mass is 32.1. The zero-order valence-electron chi connectivity index (χ0n) is 18.9. The molecule has 5 heterocycles. The van der Waals surface area contributed by atoms with Crippen molar-refractivity contribution in [2.45, 2.75) is 52.6 Å². The summed E-state index contributed by atoms with van der Waals surface area (Å²) in [4.78, 5) is 27.3. The number of likely N-dealkylation sites (tertiary alicyclic amines) is 1. The topological polar surface area (TPSA) is 68.8 Å². The van der Waals surface area contributed by atoms with Crippen LogP contribution in [0.4, 0.5) is 0 Å². The average Bonchev–Trinajstić information content (AvgIpc) is 3.52. The normalized spacial score (nSPS) is 15.2. The minimum atomic E-state index is 0.0654. The van der Waals surface area contributed by atoms with Crippen molar-refractivity contribution in [1.82, 2.24) is 29.2 Å². The number of fused-ring (bicyclic) bond motifs is 1. The second-order valence-electron chi connectivity index (χ2n) is 8.84. The smallest absolute Gasteiger partial charge is 0.254 e. The Bertz CT molecular complexity index is 1260.